The summed E-state index contributed by atoms with van der Waals surface area (Å²) in [4.78, 5) is 4.09. The summed E-state index contributed by atoms with van der Waals surface area (Å²) in [5.41, 5.74) is 7.11. The fourth-order valence-corrected chi connectivity index (χ4v) is 1.09. The highest BCUT2D eigenvalue weighted by Gasteiger charge is 2.05. The van der Waals surface area contributed by atoms with Crippen molar-refractivity contribution in [3.8, 4) is 6.07 Å². The van der Waals surface area contributed by atoms with Crippen molar-refractivity contribution < 1.29 is 0 Å². The van der Waals surface area contributed by atoms with Gasteiger partial charge in [-0.3, -0.25) is 0 Å². The Balaban J connectivity index is 2.87. The lowest BCUT2D eigenvalue weighted by Crippen LogP contribution is -2.25. The zero-order valence-electron chi connectivity index (χ0n) is 8.41. The molecule has 3 N–H and O–H groups in total. The summed E-state index contributed by atoms with van der Waals surface area (Å²) in [5, 5.41) is 11.9. The summed E-state index contributed by atoms with van der Waals surface area (Å²) in [6.45, 7) is 4.40. The van der Waals surface area contributed by atoms with Crippen molar-refractivity contribution in [1.82, 2.24) is 4.98 Å². The Kier molecular flexibility index (Phi) is 3.43. The minimum Gasteiger partial charge on any atom is -0.367 e. The van der Waals surface area contributed by atoms with Gasteiger partial charge in [-0.05, 0) is 25.5 Å². The molecule has 0 aliphatic rings. The number of nitrogens with one attached hydrogen (secondary N) is 1. The van der Waals surface area contributed by atoms with Crippen LogP contribution in [0.3, 0.4) is 0 Å². The number of aromatic nitrogens is 1. The normalized spacial score (nSPS) is 11.9. The highest BCUT2D eigenvalue weighted by Crippen LogP contribution is 2.14. The second-order valence-electron chi connectivity index (χ2n) is 3.32. The van der Waals surface area contributed by atoms with Gasteiger partial charge < -0.3 is 11.1 Å². The lowest BCUT2D eigenvalue weighted by molar-refractivity contribution is 0.777. The summed E-state index contributed by atoms with van der Waals surface area (Å²) < 4.78 is 0. The third-order valence-corrected chi connectivity index (χ3v) is 1.86. The van der Waals surface area contributed by atoms with E-state index in [-0.39, 0.29) is 6.04 Å². The Bertz CT molecular complexity index is 352. The highest BCUT2D eigenvalue weighted by molar-refractivity contribution is 5.55. The maximum Gasteiger partial charge on any atom is 0.144 e. The van der Waals surface area contributed by atoms with E-state index < -0.39 is 0 Å². The van der Waals surface area contributed by atoms with Crippen LogP contribution in [0.5, 0.6) is 0 Å². The second-order valence-corrected chi connectivity index (χ2v) is 3.32. The SMILES string of the molecule is Cc1ccnc(NCC(C)N)c1C#N. The molecule has 74 valence electrons. The predicted octanol–water partition coefficient (Wildman–Crippen LogP) is 1.02. The Morgan fingerprint density at radius 1 is 1.71 bits per heavy atom. The lowest BCUT2D eigenvalue weighted by Gasteiger charge is -2.10. The fourth-order valence-electron chi connectivity index (χ4n) is 1.09. The molecule has 0 fully saturated rings. The van der Waals surface area contributed by atoms with Gasteiger partial charge in [-0.1, -0.05) is 0 Å². The first-order chi connectivity index (χ1) is 6.65. The van der Waals surface area contributed by atoms with Crippen molar-refractivity contribution in [3.63, 3.8) is 0 Å². The number of rotatable bonds is 3. The van der Waals surface area contributed by atoms with Gasteiger partial charge in [0, 0.05) is 18.8 Å². The average molecular weight is 190 g/mol. The summed E-state index contributed by atoms with van der Waals surface area (Å²) in [6.07, 6.45) is 1.68. The molecule has 1 aromatic rings. The smallest absolute Gasteiger partial charge is 0.144 e. The molecule has 0 radical (unpaired) electrons. The standard InChI is InChI=1S/C10H14N4/c1-7-3-4-13-10(9(7)5-11)14-6-8(2)12/h3-4,8H,6,12H2,1-2H3,(H,13,14). The van der Waals surface area contributed by atoms with Gasteiger partial charge in [0.15, 0.2) is 0 Å². The molecular weight excluding hydrogens is 176 g/mol. The summed E-state index contributed by atoms with van der Waals surface area (Å²) >= 11 is 0. The third kappa shape index (κ3) is 2.44. The Hall–Kier alpha value is -1.60. The molecule has 4 heteroatoms. The number of nitrogens with zero attached hydrogens (tertiary/aromatic N) is 2. The molecule has 0 aliphatic heterocycles. The lowest BCUT2D eigenvalue weighted by atomic mass is 10.1. The fraction of sp³-hybridized carbons (Fsp3) is 0.400. The van der Waals surface area contributed by atoms with Crippen LogP contribution >= 0.6 is 0 Å². The van der Waals surface area contributed by atoms with Crippen LogP contribution in [0.25, 0.3) is 0 Å². The van der Waals surface area contributed by atoms with Crippen LogP contribution in [0.1, 0.15) is 18.1 Å². The van der Waals surface area contributed by atoms with Crippen LogP contribution in [0.15, 0.2) is 12.3 Å². The molecule has 1 rings (SSSR count). The van der Waals surface area contributed by atoms with Crippen LogP contribution in [-0.2, 0) is 0 Å². The third-order valence-electron chi connectivity index (χ3n) is 1.86. The van der Waals surface area contributed by atoms with Crippen LogP contribution in [0, 0.1) is 18.3 Å². The number of nitriles is 1. The molecule has 1 unspecified atom stereocenters. The summed E-state index contributed by atoms with van der Waals surface area (Å²) in [7, 11) is 0. The molecular formula is C10H14N4. The molecule has 1 atom stereocenters. The molecule has 0 aliphatic carbocycles. The maximum atomic E-state index is 8.90. The molecule has 0 amide bonds. The van der Waals surface area contributed by atoms with E-state index in [9.17, 15) is 0 Å². The van der Waals surface area contributed by atoms with Crippen LogP contribution in [0.4, 0.5) is 5.82 Å². The maximum absolute atomic E-state index is 8.90. The Morgan fingerprint density at radius 3 is 3.00 bits per heavy atom. The molecule has 0 bridgehead atoms. The molecule has 0 saturated heterocycles. The number of nitrogens with two attached hydrogens (primary N) is 1. The number of pyridine rings is 1. The van der Waals surface area contributed by atoms with E-state index in [2.05, 4.69) is 16.4 Å². The molecule has 0 spiro atoms. The van der Waals surface area contributed by atoms with E-state index in [0.29, 0.717) is 17.9 Å². The van der Waals surface area contributed by atoms with Crippen molar-refractivity contribution in [2.24, 2.45) is 5.73 Å². The Labute approximate surface area is 83.8 Å². The van der Waals surface area contributed by atoms with Gasteiger partial charge in [-0.25, -0.2) is 4.98 Å². The van der Waals surface area contributed by atoms with E-state index in [1.807, 2.05) is 19.9 Å². The molecule has 1 heterocycles. The van der Waals surface area contributed by atoms with Crippen molar-refractivity contribution in [2.45, 2.75) is 19.9 Å². The van der Waals surface area contributed by atoms with E-state index in [1.165, 1.54) is 0 Å². The largest absolute Gasteiger partial charge is 0.367 e. The van der Waals surface area contributed by atoms with E-state index in [0.717, 1.165) is 5.56 Å². The first kappa shape index (κ1) is 10.5. The predicted molar refractivity (Wildman–Crippen MR) is 55.8 cm³/mol. The molecule has 4 nitrogen and oxygen atoms in total. The van der Waals surface area contributed by atoms with Gasteiger partial charge >= 0.3 is 0 Å². The highest BCUT2D eigenvalue weighted by atomic mass is 15.0. The molecule has 0 saturated carbocycles. The number of hydrogen-bond donors (Lipinski definition) is 2. The van der Waals surface area contributed by atoms with E-state index in [1.54, 1.807) is 6.20 Å². The van der Waals surface area contributed by atoms with Gasteiger partial charge in [-0.2, -0.15) is 5.26 Å². The van der Waals surface area contributed by atoms with Crippen LogP contribution < -0.4 is 11.1 Å². The zero-order valence-corrected chi connectivity index (χ0v) is 8.41. The van der Waals surface area contributed by atoms with Crippen molar-refractivity contribution >= 4 is 5.82 Å². The van der Waals surface area contributed by atoms with Gasteiger partial charge in [0.1, 0.15) is 11.9 Å². The second kappa shape index (κ2) is 4.58. The van der Waals surface area contributed by atoms with Crippen molar-refractivity contribution in [1.29, 1.82) is 5.26 Å². The molecule has 0 aromatic carbocycles. The minimum atomic E-state index is 0.0452. The number of aryl methyl sites for hydroxylation is 1. The number of anilines is 1. The quantitative estimate of drug-likeness (QED) is 0.746. The molecule has 1 aromatic heterocycles. The van der Waals surface area contributed by atoms with Gasteiger partial charge in [0.25, 0.3) is 0 Å². The summed E-state index contributed by atoms with van der Waals surface area (Å²) in [6, 6.07) is 3.98. The topological polar surface area (TPSA) is 74.7 Å². The average Bonchev–Trinajstić information content (AvgIpc) is 2.14. The van der Waals surface area contributed by atoms with Crippen LogP contribution in [-0.4, -0.2) is 17.6 Å². The van der Waals surface area contributed by atoms with Crippen molar-refractivity contribution in [3.05, 3.63) is 23.4 Å². The Morgan fingerprint density at radius 2 is 2.43 bits per heavy atom. The first-order valence-electron chi connectivity index (χ1n) is 4.50. The van der Waals surface area contributed by atoms with Crippen molar-refractivity contribution in [2.75, 3.05) is 11.9 Å². The monoisotopic (exact) mass is 190 g/mol. The van der Waals surface area contributed by atoms with Gasteiger partial charge in [0.2, 0.25) is 0 Å². The number of hydrogen-bond acceptors (Lipinski definition) is 4. The first-order valence-corrected chi connectivity index (χ1v) is 4.50. The molecule has 14 heavy (non-hydrogen) atoms. The van der Waals surface area contributed by atoms with Gasteiger partial charge in [0.05, 0.1) is 5.56 Å². The summed E-state index contributed by atoms with van der Waals surface area (Å²) in [5.74, 6) is 0.616. The minimum absolute atomic E-state index is 0.0452. The van der Waals surface area contributed by atoms with Gasteiger partial charge in [-0.15, -0.1) is 0 Å². The zero-order chi connectivity index (χ0) is 10.6. The van der Waals surface area contributed by atoms with E-state index >= 15 is 0 Å². The van der Waals surface area contributed by atoms with E-state index in [4.69, 9.17) is 11.0 Å². The van der Waals surface area contributed by atoms with Crippen LogP contribution in [0.2, 0.25) is 0 Å².